The van der Waals surface area contributed by atoms with Crippen LogP contribution < -0.4 is 0 Å². The van der Waals surface area contributed by atoms with Crippen molar-refractivity contribution in [1.82, 2.24) is 14.5 Å². The molecule has 21 heavy (non-hydrogen) atoms. The first kappa shape index (κ1) is 16.0. The fraction of sp³-hybridized carbons (Fsp3) is 0.588. The zero-order chi connectivity index (χ0) is 15.4. The predicted octanol–water partition coefficient (Wildman–Crippen LogP) is 2.99. The van der Waals surface area contributed by atoms with Gasteiger partial charge in [-0.05, 0) is 51.1 Å². The van der Waals surface area contributed by atoms with E-state index in [1.54, 1.807) is 0 Å². The topological polar surface area (TPSA) is 41.3 Å². The minimum atomic E-state index is 0.213. The van der Waals surface area contributed by atoms with Gasteiger partial charge in [0.2, 0.25) is 0 Å². The lowest BCUT2D eigenvalue weighted by Crippen LogP contribution is -2.23. The SMILES string of the molecule is CCc1ccc2c(c1)nc(C(CC)N(C)C)n2CCCO. The van der Waals surface area contributed by atoms with Crippen LogP contribution in [0.15, 0.2) is 18.2 Å². The lowest BCUT2D eigenvalue weighted by Gasteiger charge is -2.23. The van der Waals surface area contributed by atoms with Gasteiger partial charge >= 0.3 is 0 Å². The third-order valence-electron chi connectivity index (χ3n) is 4.10. The first-order valence-corrected chi connectivity index (χ1v) is 7.88. The van der Waals surface area contributed by atoms with Crippen LogP contribution in [-0.2, 0) is 13.0 Å². The minimum absolute atomic E-state index is 0.213. The van der Waals surface area contributed by atoms with E-state index in [9.17, 15) is 5.11 Å². The average molecular weight is 289 g/mol. The van der Waals surface area contributed by atoms with Gasteiger partial charge in [-0.3, -0.25) is 4.90 Å². The number of imidazole rings is 1. The molecule has 0 aliphatic heterocycles. The number of aryl methyl sites for hydroxylation is 2. The van der Waals surface area contributed by atoms with E-state index in [4.69, 9.17) is 4.98 Å². The van der Waals surface area contributed by atoms with Crippen molar-refractivity contribution < 1.29 is 5.11 Å². The van der Waals surface area contributed by atoms with E-state index >= 15 is 0 Å². The number of nitrogens with zero attached hydrogens (tertiary/aromatic N) is 3. The Labute approximate surface area is 127 Å². The van der Waals surface area contributed by atoms with Gasteiger partial charge in [-0.15, -0.1) is 0 Å². The summed E-state index contributed by atoms with van der Waals surface area (Å²) >= 11 is 0. The van der Waals surface area contributed by atoms with Crippen LogP contribution in [0.5, 0.6) is 0 Å². The van der Waals surface area contributed by atoms with E-state index in [1.165, 1.54) is 11.1 Å². The lowest BCUT2D eigenvalue weighted by atomic mass is 10.1. The first-order chi connectivity index (χ1) is 10.1. The Kier molecular flexibility index (Phi) is 5.37. The monoisotopic (exact) mass is 289 g/mol. The van der Waals surface area contributed by atoms with Crippen molar-refractivity contribution in [3.05, 3.63) is 29.6 Å². The molecule has 2 rings (SSSR count). The van der Waals surface area contributed by atoms with Crippen molar-refractivity contribution in [3.63, 3.8) is 0 Å². The first-order valence-electron chi connectivity index (χ1n) is 7.88. The molecule has 4 nitrogen and oxygen atoms in total. The van der Waals surface area contributed by atoms with Crippen molar-refractivity contribution in [3.8, 4) is 0 Å². The van der Waals surface area contributed by atoms with Crippen LogP contribution in [0.4, 0.5) is 0 Å². The van der Waals surface area contributed by atoms with Gasteiger partial charge in [-0.1, -0.05) is 19.9 Å². The number of hydrogen-bond donors (Lipinski definition) is 1. The fourth-order valence-corrected chi connectivity index (χ4v) is 2.91. The molecule has 2 aromatic rings. The van der Waals surface area contributed by atoms with E-state index in [0.29, 0.717) is 6.04 Å². The Balaban J connectivity index is 2.55. The Morgan fingerprint density at radius 1 is 1.29 bits per heavy atom. The second-order valence-corrected chi connectivity index (χ2v) is 5.76. The van der Waals surface area contributed by atoms with Gasteiger partial charge in [0, 0.05) is 13.2 Å². The minimum Gasteiger partial charge on any atom is -0.396 e. The van der Waals surface area contributed by atoms with Crippen LogP contribution in [0.3, 0.4) is 0 Å². The molecule has 0 amide bonds. The molecular formula is C17H27N3O. The summed E-state index contributed by atoms with van der Waals surface area (Å²) in [6.07, 6.45) is 2.81. The highest BCUT2D eigenvalue weighted by Gasteiger charge is 2.20. The average Bonchev–Trinajstić information content (AvgIpc) is 2.82. The molecule has 0 saturated carbocycles. The number of rotatable bonds is 7. The molecule has 0 radical (unpaired) electrons. The van der Waals surface area contributed by atoms with E-state index in [-0.39, 0.29) is 6.61 Å². The summed E-state index contributed by atoms with van der Waals surface area (Å²) in [5.74, 6) is 1.11. The van der Waals surface area contributed by atoms with Gasteiger partial charge in [0.05, 0.1) is 17.1 Å². The Hall–Kier alpha value is -1.39. The zero-order valence-electron chi connectivity index (χ0n) is 13.6. The van der Waals surface area contributed by atoms with E-state index in [0.717, 1.165) is 37.1 Å². The summed E-state index contributed by atoms with van der Waals surface area (Å²) in [4.78, 5) is 7.13. The van der Waals surface area contributed by atoms with E-state index < -0.39 is 0 Å². The van der Waals surface area contributed by atoms with Gasteiger partial charge in [0.1, 0.15) is 5.82 Å². The van der Waals surface area contributed by atoms with E-state index in [1.807, 2.05) is 0 Å². The second-order valence-electron chi connectivity index (χ2n) is 5.76. The van der Waals surface area contributed by atoms with Crippen LogP contribution in [0, 0.1) is 0 Å². The quantitative estimate of drug-likeness (QED) is 0.852. The summed E-state index contributed by atoms with van der Waals surface area (Å²) in [5.41, 5.74) is 3.57. The molecule has 0 fully saturated rings. The maximum atomic E-state index is 9.17. The predicted molar refractivity (Wildman–Crippen MR) is 87.5 cm³/mol. The van der Waals surface area contributed by atoms with Gasteiger partial charge in [0.15, 0.2) is 0 Å². The molecule has 1 heterocycles. The van der Waals surface area contributed by atoms with Crippen LogP contribution in [0.1, 0.15) is 44.1 Å². The molecule has 1 unspecified atom stereocenters. The fourth-order valence-electron chi connectivity index (χ4n) is 2.91. The van der Waals surface area contributed by atoms with Gasteiger partial charge < -0.3 is 9.67 Å². The number of hydrogen-bond acceptors (Lipinski definition) is 3. The summed E-state index contributed by atoms with van der Waals surface area (Å²) in [5, 5.41) is 9.17. The zero-order valence-corrected chi connectivity index (χ0v) is 13.6. The maximum absolute atomic E-state index is 9.17. The van der Waals surface area contributed by atoms with E-state index in [2.05, 4.69) is 55.6 Å². The Morgan fingerprint density at radius 3 is 2.62 bits per heavy atom. The van der Waals surface area contributed by atoms with Crippen molar-refractivity contribution in [1.29, 1.82) is 0 Å². The third kappa shape index (κ3) is 3.27. The molecule has 0 bridgehead atoms. The van der Waals surface area contributed by atoms with Crippen LogP contribution in [0.2, 0.25) is 0 Å². The molecule has 4 heteroatoms. The Morgan fingerprint density at radius 2 is 2.05 bits per heavy atom. The van der Waals surface area contributed by atoms with Crippen LogP contribution in [-0.4, -0.2) is 40.3 Å². The molecule has 1 atom stereocenters. The molecule has 0 saturated heterocycles. The molecule has 116 valence electrons. The van der Waals surface area contributed by atoms with Crippen LogP contribution in [0.25, 0.3) is 11.0 Å². The molecule has 1 N–H and O–H groups in total. The summed E-state index contributed by atoms with van der Waals surface area (Å²) in [7, 11) is 4.20. The lowest BCUT2D eigenvalue weighted by molar-refractivity contribution is 0.261. The van der Waals surface area contributed by atoms with Gasteiger partial charge in [0.25, 0.3) is 0 Å². The number of fused-ring (bicyclic) bond motifs is 1. The third-order valence-corrected chi connectivity index (χ3v) is 4.10. The Bertz CT molecular complexity index is 589. The van der Waals surface area contributed by atoms with Crippen molar-refractivity contribution in [2.45, 2.75) is 45.7 Å². The maximum Gasteiger partial charge on any atom is 0.127 e. The number of benzene rings is 1. The highest BCUT2D eigenvalue weighted by atomic mass is 16.3. The summed E-state index contributed by atoms with van der Waals surface area (Å²) < 4.78 is 2.28. The molecule has 0 aliphatic carbocycles. The highest BCUT2D eigenvalue weighted by Crippen LogP contribution is 2.27. The van der Waals surface area contributed by atoms with Gasteiger partial charge in [-0.2, -0.15) is 0 Å². The molecule has 0 aliphatic rings. The van der Waals surface area contributed by atoms with Crippen molar-refractivity contribution in [2.75, 3.05) is 20.7 Å². The molecule has 1 aromatic carbocycles. The largest absolute Gasteiger partial charge is 0.396 e. The molecular weight excluding hydrogens is 262 g/mol. The van der Waals surface area contributed by atoms with Crippen LogP contribution >= 0.6 is 0 Å². The number of aliphatic hydroxyl groups is 1. The van der Waals surface area contributed by atoms with Gasteiger partial charge in [-0.25, -0.2) is 4.98 Å². The second kappa shape index (κ2) is 7.05. The number of aliphatic hydroxyl groups excluding tert-OH is 1. The summed E-state index contributed by atoms with van der Waals surface area (Å²) in [6.45, 7) is 5.39. The molecule has 1 aromatic heterocycles. The number of aromatic nitrogens is 2. The van der Waals surface area contributed by atoms with Crippen molar-refractivity contribution in [2.24, 2.45) is 0 Å². The molecule has 0 spiro atoms. The standard InChI is InChI=1S/C17H27N3O/c1-5-13-8-9-16-14(12-13)18-17(15(6-2)19(3)4)20(16)10-7-11-21/h8-9,12,15,21H,5-7,10-11H2,1-4H3. The highest BCUT2D eigenvalue weighted by molar-refractivity contribution is 5.77. The van der Waals surface area contributed by atoms with Crippen molar-refractivity contribution >= 4 is 11.0 Å². The smallest absolute Gasteiger partial charge is 0.127 e. The summed E-state index contributed by atoms with van der Waals surface area (Å²) in [6, 6.07) is 6.85. The normalized spacial score (nSPS) is 13.2.